The molecule has 0 saturated carbocycles. The number of carbonyl (C=O) groups is 1. The Morgan fingerprint density at radius 2 is 1.74 bits per heavy atom. The van der Waals surface area contributed by atoms with Crippen molar-refractivity contribution >= 4 is 46.1 Å². The first-order valence-electron chi connectivity index (χ1n) is 12.7. The van der Waals surface area contributed by atoms with E-state index >= 15 is 0 Å². The Morgan fingerprint density at radius 1 is 1.06 bits per heavy atom. The number of morpholine rings is 1. The molecule has 1 amide bonds. The lowest BCUT2D eigenvalue weighted by atomic mass is 10.0. The van der Waals surface area contributed by atoms with Crippen LogP contribution in [0.15, 0.2) is 9.70 Å². The van der Waals surface area contributed by atoms with Crippen LogP contribution in [0, 0.1) is 18.3 Å². The fourth-order valence-corrected chi connectivity index (χ4v) is 5.86. The minimum Gasteiger partial charge on any atom is -0.378 e. The molecule has 3 rings (SSSR count). The normalized spacial score (nSPS) is 17.5. The third-order valence-corrected chi connectivity index (χ3v) is 7.87. The van der Waals surface area contributed by atoms with Gasteiger partial charge in [-0.3, -0.25) is 19.1 Å². The molecule has 0 aliphatic carbocycles. The van der Waals surface area contributed by atoms with Gasteiger partial charge in [0.25, 0.3) is 11.5 Å². The summed E-state index contributed by atoms with van der Waals surface area (Å²) in [6.45, 7) is 9.56. The number of carbonyl (C=O) groups excluding carboxylic acids is 1. The zero-order chi connectivity index (χ0) is 25.4. The van der Waals surface area contributed by atoms with Crippen LogP contribution in [0.5, 0.6) is 0 Å². The zero-order valence-corrected chi connectivity index (χ0v) is 22.7. The number of nitriles is 1. The van der Waals surface area contributed by atoms with Crippen LogP contribution >= 0.6 is 24.0 Å². The highest BCUT2D eigenvalue weighted by molar-refractivity contribution is 8.26. The number of thiocarbonyl (C=S) groups is 1. The van der Waals surface area contributed by atoms with Crippen molar-refractivity contribution in [3.63, 3.8) is 0 Å². The van der Waals surface area contributed by atoms with Gasteiger partial charge >= 0.3 is 0 Å². The molecule has 190 valence electrons. The molecule has 0 spiro atoms. The molecular formula is C26H36N4O3S2. The highest BCUT2D eigenvalue weighted by atomic mass is 32.2. The molecule has 0 atom stereocenters. The average molecular weight is 517 g/mol. The topological polar surface area (TPSA) is 78.6 Å². The average Bonchev–Trinajstić information content (AvgIpc) is 3.12. The van der Waals surface area contributed by atoms with Gasteiger partial charge < -0.3 is 9.64 Å². The Balaban J connectivity index is 1.96. The molecule has 2 saturated heterocycles. The number of thioether (sulfide) groups is 1. The maximum Gasteiger partial charge on any atom is 0.270 e. The fraction of sp³-hybridized carbons (Fsp3) is 0.615. The molecular weight excluding hydrogens is 480 g/mol. The van der Waals surface area contributed by atoms with Crippen molar-refractivity contribution in [3.8, 4) is 6.07 Å². The predicted molar refractivity (Wildman–Crippen MR) is 147 cm³/mol. The van der Waals surface area contributed by atoms with Gasteiger partial charge in [0.1, 0.15) is 21.8 Å². The molecule has 1 aromatic rings. The molecule has 3 heterocycles. The van der Waals surface area contributed by atoms with Gasteiger partial charge in [0.15, 0.2) is 0 Å². The Kier molecular flexibility index (Phi) is 10.4. The van der Waals surface area contributed by atoms with E-state index in [-0.39, 0.29) is 17.0 Å². The standard InChI is InChI=1S/C26H36N4O3S2/c1-4-6-7-8-9-10-12-30-25(32)22(35-26(30)34)17-20-19(3)21(18-27)24(31)29(11-5-2)23(20)28-13-15-33-16-14-28/h17H,4-16H2,1-3H3/b22-17+. The monoisotopic (exact) mass is 516 g/mol. The summed E-state index contributed by atoms with van der Waals surface area (Å²) in [5.41, 5.74) is 1.20. The Hall–Kier alpha value is -2.15. The molecule has 0 unspecified atom stereocenters. The molecule has 0 N–H and O–H groups in total. The van der Waals surface area contributed by atoms with E-state index in [4.69, 9.17) is 17.0 Å². The van der Waals surface area contributed by atoms with Crippen LogP contribution in [0.1, 0.15) is 75.5 Å². The van der Waals surface area contributed by atoms with E-state index in [1.54, 1.807) is 16.4 Å². The van der Waals surface area contributed by atoms with Gasteiger partial charge in [-0.1, -0.05) is 69.9 Å². The van der Waals surface area contributed by atoms with Crippen LogP contribution in [-0.2, 0) is 16.1 Å². The molecule has 0 aromatic carbocycles. The maximum atomic E-state index is 13.3. The number of anilines is 1. The van der Waals surface area contributed by atoms with Crippen molar-refractivity contribution in [2.75, 3.05) is 37.7 Å². The second-order valence-electron chi connectivity index (χ2n) is 9.01. The van der Waals surface area contributed by atoms with Crippen LogP contribution in [0.3, 0.4) is 0 Å². The lowest BCUT2D eigenvalue weighted by Gasteiger charge is -2.33. The zero-order valence-electron chi connectivity index (χ0n) is 21.1. The summed E-state index contributed by atoms with van der Waals surface area (Å²) in [4.78, 5) is 30.9. The van der Waals surface area contributed by atoms with Gasteiger partial charge in [-0.15, -0.1) is 0 Å². The van der Waals surface area contributed by atoms with E-state index in [1.165, 1.54) is 37.4 Å². The first-order valence-corrected chi connectivity index (χ1v) is 13.9. The molecule has 0 radical (unpaired) electrons. The summed E-state index contributed by atoms with van der Waals surface area (Å²) in [5, 5.41) is 9.77. The first-order chi connectivity index (χ1) is 16.9. The Bertz CT molecular complexity index is 1070. The van der Waals surface area contributed by atoms with Crippen molar-refractivity contribution in [1.29, 1.82) is 5.26 Å². The lowest BCUT2D eigenvalue weighted by Crippen LogP contribution is -2.41. The van der Waals surface area contributed by atoms with E-state index in [2.05, 4.69) is 17.9 Å². The van der Waals surface area contributed by atoms with Crippen LogP contribution in [0.25, 0.3) is 6.08 Å². The smallest absolute Gasteiger partial charge is 0.270 e. The minimum atomic E-state index is -0.277. The Morgan fingerprint density at radius 3 is 2.40 bits per heavy atom. The highest BCUT2D eigenvalue weighted by Gasteiger charge is 2.33. The molecule has 2 aliphatic rings. The van der Waals surface area contributed by atoms with Crippen molar-refractivity contribution in [1.82, 2.24) is 9.47 Å². The van der Waals surface area contributed by atoms with Crippen molar-refractivity contribution in [2.24, 2.45) is 0 Å². The van der Waals surface area contributed by atoms with Gasteiger partial charge in [-0.2, -0.15) is 5.26 Å². The van der Waals surface area contributed by atoms with Gasteiger partial charge in [0.05, 0.1) is 18.1 Å². The summed E-state index contributed by atoms with van der Waals surface area (Å²) in [7, 11) is 0. The number of amides is 1. The van der Waals surface area contributed by atoms with Crippen molar-refractivity contribution < 1.29 is 9.53 Å². The van der Waals surface area contributed by atoms with Gasteiger partial charge in [0.2, 0.25) is 0 Å². The largest absolute Gasteiger partial charge is 0.378 e. The number of aromatic nitrogens is 1. The molecule has 1 aromatic heterocycles. The number of unbranched alkanes of at least 4 members (excludes halogenated alkanes) is 5. The molecule has 0 bridgehead atoms. The van der Waals surface area contributed by atoms with E-state index in [0.717, 1.165) is 30.6 Å². The first kappa shape index (κ1) is 27.4. The summed E-state index contributed by atoms with van der Waals surface area (Å²) in [6, 6.07) is 2.10. The van der Waals surface area contributed by atoms with E-state index in [0.29, 0.717) is 54.2 Å². The lowest BCUT2D eigenvalue weighted by molar-refractivity contribution is -0.122. The molecule has 9 heteroatoms. The van der Waals surface area contributed by atoms with E-state index in [9.17, 15) is 14.9 Å². The number of ether oxygens (including phenoxy) is 1. The molecule has 2 aliphatic heterocycles. The van der Waals surface area contributed by atoms with Gasteiger partial charge in [-0.25, -0.2) is 0 Å². The van der Waals surface area contributed by atoms with Crippen molar-refractivity contribution in [2.45, 2.75) is 72.3 Å². The number of hydrogen-bond acceptors (Lipinski definition) is 7. The van der Waals surface area contributed by atoms with Crippen molar-refractivity contribution in [3.05, 3.63) is 31.9 Å². The SMILES string of the molecule is CCCCCCCCN1C(=O)/C(=C\c2c(C)c(C#N)c(=O)n(CCC)c2N2CCOCC2)SC1=S. The number of pyridine rings is 1. The maximum absolute atomic E-state index is 13.3. The minimum absolute atomic E-state index is 0.0902. The van der Waals surface area contributed by atoms with Crippen LogP contribution in [0.4, 0.5) is 5.82 Å². The number of hydrogen-bond donors (Lipinski definition) is 0. The third kappa shape index (κ3) is 6.35. The van der Waals surface area contributed by atoms with E-state index in [1.807, 2.05) is 13.0 Å². The van der Waals surface area contributed by atoms with Crippen LogP contribution in [0.2, 0.25) is 0 Å². The quantitative estimate of drug-likeness (QED) is 0.237. The number of nitrogens with zero attached hydrogens (tertiary/aromatic N) is 4. The Labute approximate surface area is 218 Å². The highest BCUT2D eigenvalue weighted by Crippen LogP contribution is 2.36. The van der Waals surface area contributed by atoms with Crippen LogP contribution < -0.4 is 10.5 Å². The third-order valence-electron chi connectivity index (χ3n) is 6.49. The van der Waals surface area contributed by atoms with Gasteiger partial charge in [-0.05, 0) is 31.4 Å². The molecule has 2 fully saturated rings. The molecule has 35 heavy (non-hydrogen) atoms. The summed E-state index contributed by atoms with van der Waals surface area (Å²) in [6.07, 6.45) is 9.48. The fourth-order valence-electron chi connectivity index (χ4n) is 4.57. The second kappa shape index (κ2) is 13.2. The predicted octanol–water partition coefficient (Wildman–Crippen LogP) is 4.84. The summed E-state index contributed by atoms with van der Waals surface area (Å²) < 4.78 is 7.80. The summed E-state index contributed by atoms with van der Waals surface area (Å²) in [5.74, 6) is 0.672. The van der Waals surface area contributed by atoms with Gasteiger partial charge in [0, 0.05) is 31.7 Å². The van der Waals surface area contributed by atoms with Crippen LogP contribution in [-0.4, -0.2) is 52.5 Å². The second-order valence-corrected chi connectivity index (χ2v) is 10.7. The van der Waals surface area contributed by atoms with E-state index < -0.39 is 0 Å². The molecule has 7 nitrogen and oxygen atoms in total. The summed E-state index contributed by atoms with van der Waals surface area (Å²) >= 11 is 6.86. The number of rotatable bonds is 11.